The van der Waals surface area contributed by atoms with E-state index in [4.69, 9.17) is 0 Å². The summed E-state index contributed by atoms with van der Waals surface area (Å²) in [5.41, 5.74) is 2.81. The molecule has 1 unspecified atom stereocenters. The number of nitro groups is 1. The highest BCUT2D eigenvalue weighted by Crippen LogP contribution is 2.25. The summed E-state index contributed by atoms with van der Waals surface area (Å²) >= 11 is 0. The van der Waals surface area contributed by atoms with E-state index >= 15 is 0 Å². The van der Waals surface area contributed by atoms with Gasteiger partial charge in [0.05, 0.1) is 4.92 Å². The van der Waals surface area contributed by atoms with Crippen molar-refractivity contribution in [2.45, 2.75) is 38.6 Å². The Morgan fingerprint density at radius 2 is 2.04 bits per heavy atom. The molecule has 1 aliphatic carbocycles. The van der Waals surface area contributed by atoms with Gasteiger partial charge < -0.3 is 4.90 Å². The average Bonchev–Trinajstić information content (AvgIpc) is 2.65. The number of nitrogens with zero attached hydrogens (tertiary/aromatic N) is 3. The second-order valence-corrected chi connectivity index (χ2v) is 6.32. The number of pyridine rings is 1. The van der Waals surface area contributed by atoms with Crippen LogP contribution >= 0.6 is 0 Å². The van der Waals surface area contributed by atoms with Gasteiger partial charge in [-0.1, -0.05) is 31.2 Å². The Kier molecular flexibility index (Phi) is 5.07. The maximum Gasteiger partial charge on any atom is 0.287 e. The first-order valence-corrected chi connectivity index (χ1v) is 8.58. The number of aryl methyl sites for hydroxylation is 1. The predicted octanol–water partition coefficient (Wildman–Crippen LogP) is 3.40. The van der Waals surface area contributed by atoms with Crippen molar-refractivity contribution in [3.8, 4) is 0 Å². The van der Waals surface area contributed by atoms with E-state index in [0.29, 0.717) is 6.54 Å². The van der Waals surface area contributed by atoms with Gasteiger partial charge in [0.2, 0.25) is 0 Å². The molecular weight excluding hydrogens is 318 g/mol. The van der Waals surface area contributed by atoms with Gasteiger partial charge in [-0.25, -0.2) is 4.98 Å². The van der Waals surface area contributed by atoms with Crippen LogP contribution in [0.2, 0.25) is 0 Å². The highest BCUT2D eigenvalue weighted by molar-refractivity contribution is 5.92. The van der Waals surface area contributed by atoms with Crippen LogP contribution in [0.5, 0.6) is 0 Å². The van der Waals surface area contributed by atoms with Gasteiger partial charge in [0.1, 0.15) is 11.9 Å². The van der Waals surface area contributed by atoms with Gasteiger partial charge in [-0.05, 0) is 42.9 Å². The van der Waals surface area contributed by atoms with E-state index in [1.54, 1.807) is 0 Å². The largest absolute Gasteiger partial charge is 0.334 e. The molecule has 6 heteroatoms. The third-order valence-corrected chi connectivity index (χ3v) is 4.66. The van der Waals surface area contributed by atoms with Gasteiger partial charge in [0.15, 0.2) is 0 Å². The van der Waals surface area contributed by atoms with E-state index in [0.717, 1.165) is 31.9 Å². The summed E-state index contributed by atoms with van der Waals surface area (Å²) in [7, 11) is 0. The number of hydrogen-bond donors (Lipinski definition) is 0. The molecule has 0 bridgehead atoms. The van der Waals surface area contributed by atoms with Crippen LogP contribution in [0.15, 0.2) is 42.6 Å². The van der Waals surface area contributed by atoms with Crippen molar-refractivity contribution >= 4 is 11.6 Å². The first-order chi connectivity index (χ1) is 12.1. The van der Waals surface area contributed by atoms with Crippen LogP contribution in [0.3, 0.4) is 0 Å². The van der Waals surface area contributed by atoms with E-state index in [2.05, 4.69) is 23.2 Å². The smallest absolute Gasteiger partial charge is 0.287 e. The first kappa shape index (κ1) is 17.1. The number of aromatic nitrogens is 1. The number of fused-ring (bicyclic) bond motifs is 1. The summed E-state index contributed by atoms with van der Waals surface area (Å²) in [6.07, 6.45) is 4.73. The molecule has 25 heavy (non-hydrogen) atoms. The fourth-order valence-electron chi connectivity index (χ4n) is 3.40. The molecule has 1 aliphatic rings. The van der Waals surface area contributed by atoms with Crippen LogP contribution in [0.25, 0.3) is 0 Å². The lowest BCUT2D eigenvalue weighted by Gasteiger charge is -2.35. The Morgan fingerprint density at radius 3 is 2.68 bits per heavy atom. The third kappa shape index (κ3) is 3.68. The lowest BCUT2D eigenvalue weighted by molar-refractivity contribution is -0.385. The average molecular weight is 339 g/mol. The van der Waals surface area contributed by atoms with E-state index < -0.39 is 4.92 Å². The topological polar surface area (TPSA) is 76.3 Å². The lowest BCUT2D eigenvalue weighted by Crippen LogP contribution is -2.44. The molecular formula is C19H21N3O3. The van der Waals surface area contributed by atoms with Crippen molar-refractivity contribution in [2.24, 2.45) is 0 Å². The number of benzene rings is 1. The fraction of sp³-hybridized carbons (Fsp3) is 0.368. The number of carbonyl (C=O) groups is 1. The maximum atomic E-state index is 12.9. The third-order valence-electron chi connectivity index (χ3n) is 4.66. The first-order valence-electron chi connectivity index (χ1n) is 8.58. The molecule has 0 saturated heterocycles. The number of rotatable bonds is 5. The highest BCUT2D eigenvalue weighted by Gasteiger charge is 2.28. The second kappa shape index (κ2) is 7.42. The predicted molar refractivity (Wildman–Crippen MR) is 94.5 cm³/mol. The maximum absolute atomic E-state index is 12.9. The van der Waals surface area contributed by atoms with E-state index in [9.17, 15) is 14.9 Å². The summed E-state index contributed by atoms with van der Waals surface area (Å²) in [4.78, 5) is 29.1. The second-order valence-electron chi connectivity index (χ2n) is 6.32. The molecule has 0 saturated carbocycles. The zero-order valence-electron chi connectivity index (χ0n) is 14.2. The minimum atomic E-state index is -0.511. The Bertz CT molecular complexity index is 774. The molecule has 130 valence electrons. The molecule has 1 aromatic heterocycles. The van der Waals surface area contributed by atoms with Gasteiger partial charge in [-0.2, -0.15) is 0 Å². The molecule has 1 amide bonds. The van der Waals surface area contributed by atoms with Crippen LogP contribution in [0.4, 0.5) is 5.69 Å². The summed E-state index contributed by atoms with van der Waals surface area (Å²) in [6, 6.07) is 11.3. The van der Waals surface area contributed by atoms with Crippen LogP contribution in [0, 0.1) is 10.1 Å². The zero-order chi connectivity index (χ0) is 17.8. The van der Waals surface area contributed by atoms with E-state index in [-0.39, 0.29) is 23.3 Å². The normalized spacial score (nSPS) is 16.1. The number of hydrogen-bond acceptors (Lipinski definition) is 4. The van der Waals surface area contributed by atoms with Gasteiger partial charge >= 0.3 is 0 Å². The van der Waals surface area contributed by atoms with Crippen molar-refractivity contribution in [1.82, 2.24) is 9.88 Å². The quantitative estimate of drug-likeness (QED) is 0.618. The Balaban J connectivity index is 1.81. The van der Waals surface area contributed by atoms with Gasteiger partial charge in [-0.15, -0.1) is 0 Å². The van der Waals surface area contributed by atoms with Gasteiger partial charge in [-0.3, -0.25) is 14.9 Å². The van der Waals surface area contributed by atoms with Crippen LogP contribution in [-0.4, -0.2) is 33.3 Å². The fourth-order valence-corrected chi connectivity index (χ4v) is 3.40. The lowest BCUT2D eigenvalue weighted by atomic mass is 9.87. The minimum absolute atomic E-state index is 0.106. The SMILES string of the molecule is CCCN(C(=O)c1ccc([N+](=O)[O-])cn1)C1CCc2ccccc2C1. The molecule has 0 radical (unpaired) electrons. The molecule has 1 heterocycles. The van der Waals surface area contributed by atoms with Crippen molar-refractivity contribution in [2.75, 3.05) is 6.54 Å². The Morgan fingerprint density at radius 1 is 1.28 bits per heavy atom. The Labute approximate surface area is 146 Å². The van der Waals surface area contributed by atoms with Crippen molar-refractivity contribution in [3.63, 3.8) is 0 Å². The summed E-state index contributed by atoms with van der Waals surface area (Å²) < 4.78 is 0. The summed E-state index contributed by atoms with van der Waals surface area (Å²) in [5, 5.41) is 10.8. The van der Waals surface area contributed by atoms with Crippen LogP contribution in [0.1, 0.15) is 41.4 Å². The summed E-state index contributed by atoms with van der Waals surface area (Å²) in [6.45, 7) is 2.70. The monoisotopic (exact) mass is 339 g/mol. The molecule has 6 nitrogen and oxygen atoms in total. The molecule has 2 aromatic rings. The zero-order valence-corrected chi connectivity index (χ0v) is 14.2. The highest BCUT2D eigenvalue weighted by atomic mass is 16.6. The molecule has 1 aromatic carbocycles. The molecule has 0 N–H and O–H groups in total. The molecule has 3 rings (SSSR count). The van der Waals surface area contributed by atoms with Crippen LogP contribution in [-0.2, 0) is 12.8 Å². The molecule has 1 atom stereocenters. The summed E-state index contributed by atoms with van der Waals surface area (Å²) in [5.74, 6) is -0.152. The molecule has 0 fully saturated rings. The van der Waals surface area contributed by atoms with Crippen molar-refractivity contribution in [1.29, 1.82) is 0 Å². The standard InChI is InChI=1S/C19H21N3O3/c1-2-11-21(16-8-7-14-5-3-4-6-15(14)12-16)19(23)18-10-9-17(13-20-18)22(24)25/h3-6,9-10,13,16H,2,7-8,11-12H2,1H3. The van der Waals surface area contributed by atoms with Gasteiger partial charge in [0, 0.05) is 18.7 Å². The van der Waals surface area contributed by atoms with E-state index in [1.165, 1.54) is 23.3 Å². The minimum Gasteiger partial charge on any atom is -0.334 e. The number of carbonyl (C=O) groups excluding carboxylic acids is 1. The van der Waals surface area contributed by atoms with Gasteiger partial charge in [0.25, 0.3) is 11.6 Å². The van der Waals surface area contributed by atoms with E-state index in [1.807, 2.05) is 17.9 Å². The molecule has 0 spiro atoms. The molecule has 0 aliphatic heterocycles. The van der Waals surface area contributed by atoms with Crippen molar-refractivity contribution < 1.29 is 9.72 Å². The number of amides is 1. The van der Waals surface area contributed by atoms with Crippen LogP contribution < -0.4 is 0 Å². The Hall–Kier alpha value is -2.76. The van der Waals surface area contributed by atoms with Crippen molar-refractivity contribution in [3.05, 3.63) is 69.5 Å².